The number of ether oxygens (including phenoxy) is 1. The van der Waals surface area contributed by atoms with E-state index in [1.54, 1.807) is 46.9 Å². The molecule has 4 aromatic rings. The van der Waals surface area contributed by atoms with E-state index in [1.807, 2.05) is 50.2 Å². The number of fused-ring (bicyclic) bond motifs is 1. The predicted molar refractivity (Wildman–Crippen MR) is 143 cm³/mol. The van der Waals surface area contributed by atoms with Crippen molar-refractivity contribution in [2.75, 3.05) is 20.3 Å². The molecule has 3 aromatic carbocycles. The summed E-state index contributed by atoms with van der Waals surface area (Å²) in [5, 5.41) is 0.937. The van der Waals surface area contributed by atoms with Gasteiger partial charge in [-0.1, -0.05) is 45.2 Å². The highest BCUT2D eigenvalue weighted by molar-refractivity contribution is 9.10. The summed E-state index contributed by atoms with van der Waals surface area (Å²) in [6.07, 6.45) is 0. The Morgan fingerprint density at radius 1 is 1.11 bits per heavy atom. The van der Waals surface area contributed by atoms with E-state index < -0.39 is 6.04 Å². The summed E-state index contributed by atoms with van der Waals surface area (Å²) >= 11 is 9.63. The molecule has 0 N–H and O–H groups in total. The lowest BCUT2D eigenvalue weighted by molar-refractivity contribution is 0.0605. The van der Waals surface area contributed by atoms with E-state index in [1.165, 1.54) is 0 Å². The van der Waals surface area contributed by atoms with Crippen molar-refractivity contribution in [3.05, 3.63) is 104 Å². The Labute approximate surface area is 217 Å². The molecule has 0 fully saturated rings. The number of halogens is 2. The Kier molecular flexibility index (Phi) is 7.69. The fourth-order valence-electron chi connectivity index (χ4n) is 3.96. The average molecular weight is 555 g/mol. The van der Waals surface area contributed by atoms with Gasteiger partial charge in [0.05, 0.1) is 29.2 Å². The lowest BCUT2D eigenvalue weighted by Crippen LogP contribution is -2.39. The molecule has 0 spiro atoms. The number of rotatable bonds is 7. The van der Waals surface area contributed by atoms with Crippen molar-refractivity contribution in [3.63, 3.8) is 0 Å². The molecule has 4 rings (SSSR count). The van der Waals surface area contributed by atoms with Gasteiger partial charge in [0.1, 0.15) is 5.82 Å². The van der Waals surface area contributed by atoms with Crippen molar-refractivity contribution in [2.45, 2.75) is 19.9 Å². The van der Waals surface area contributed by atoms with Crippen LogP contribution < -0.4 is 5.56 Å². The van der Waals surface area contributed by atoms with Gasteiger partial charge in [-0.05, 0) is 68.4 Å². The molecule has 0 saturated heterocycles. The van der Waals surface area contributed by atoms with Gasteiger partial charge in [-0.25, -0.2) is 4.98 Å². The fourth-order valence-corrected chi connectivity index (χ4v) is 4.39. The predicted octanol–water partition coefficient (Wildman–Crippen LogP) is 5.96. The first-order chi connectivity index (χ1) is 16.8. The zero-order valence-electron chi connectivity index (χ0n) is 19.7. The second kappa shape index (κ2) is 10.7. The fraction of sp³-hybridized carbons (Fsp3) is 0.222. The van der Waals surface area contributed by atoms with E-state index in [4.69, 9.17) is 21.3 Å². The summed E-state index contributed by atoms with van der Waals surface area (Å²) < 4.78 is 7.75. The molecular formula is C27H25BrClN3O3. The Morgan fingerprint density at radius 2 is 1.80 bits per heavy atom. The molecule has 0 aliphatic heterocycles. The molecule has 1 amide bonds. The third-order valence-electron chi connectivity index (χ3n) is 5.88. The quantitative estimate of drug-likeness (QED) is 0.283. The highest BCUT2D eigenvalue weighted by Gasteiger charge is 2.27. The Morgan fingerprint density at radius 3 is 2.46 bits per heavy atom. The summed E-state index contributed by atoms with van der Waals surface area (Å²) in [6.45, 7) is 4.51. The number of nitrogens with zero attached hydrogens (tertiary/aromatic N) is 3. The monoisotopic (exact) mass is 553 g/mol. The van der Waals surface area contributed by atoms with Crippen LogP contribution in [0.1, 0.15) is 34.7 Å². The van der Waals surface area contributed by atoms with E-state index in [0.717, 1.165) is 10.0 Å². The van der Waals surface area contributed by atoms with Crippen LogP contribution in [0.25, 0.3) is 16.6 Å². The number of aromatic nitrogens is 2. The second-order valence-electron chi connectivity index (χ2n) is 8.28. The molecule has 8 heteroatoms. The van der Waals surface area contributed by atoms with Gasteiger partial charge in [-0.15, -0.1) is 0 Å². The van der Waals surface area contributed by atoms with Crippen LogP contribution in [0.5, 0.6) is 0 Å². The van der Waals surface area contributed by atoms with Crippen LogP contribution in [0.2, 0.25) is 5.02 Å². The van der Waals surface area contributed by atoms with Crippen LogP contribution in [-0.4, -0.2) is 40.6 Å². The normalized spacial score (nSPS) is 12.0. The van der Waals surface area contributed by atoms with Gasteiger partial charge in [0.25, 0.3) is 11.5 Å². The molecule has 1 atom stereocenters. The van der Waals surface area contributed by atoms with Gasteiger partial charge in [0, 0.05) is 28.7 Å². The molecule has 0 aliphatic rings. The van der Waals surface area contributed by atoms with Crippen LogP contribution in [0, 0.1) is 6.92 Å². The SMILES string of the molecule is COCCN(C(=O)c1ccc(Br)cc1)C(C)c1nc2cc(Cl)ccc2c(=O)n1-c1ccc(C)cc1. The standard InChI is InChI=1S/C27H25BrClN3O3/c1-17-4-11-22(12-5-17)32-25(30-24-16-21(29)10-13-23(24)27(32)34)18(2)31(14-15-35-3)26(33)19-6-8-20(28)9-7-19/h4-13,16,18H,14-15H2,1-3H3. The number of amides is 1. The maximum Gasteiger partial charge on any atom is 0.266 e. The topological polar surface area (TPSA) is 64.4 Å². The number of hydrogen-bond donors (Lipinski definition) is 0. The largest absolute Gasteiger partial charge is 0.383 e. The summed E-state index contributed by atoms with van der Waals surface area (Å²) in [5.74, 6) is 0.258. The third kappa shape index (κ3) is 5.32. The maximum absolute atomic E-state index is 13.7. The van der Waals surface area contributed by atoms with Crippen molar-refractivity contribution in [1.29, 1.82) is 0 Å². The second-order valence-corrected chi connectivity index (χ2v) is 9.63. The molecular weight excluding hydrogens is 530 g/mol. The molecule has 0 radical (unpaired) electrons. The third-order valence-corrected chi connectivity index (χ3v) is 6.64. The van der Waals surface area contributed by atoms with Gasteiger partial charge in [0.2, 0.25) is 0 Å². The van der Waals surface area contributed by atoms with Crippen molar-refractivity contribution in [3.8, 4) is 5.69 Å². The van der Waals surface area contributed by atoms with E-state index in [0.29, 0.717) is 46.2 Å². The highest BCUT2D eigenvalue weighted by atomic mass is 79.9. The van der Waals surface area contributed by atoms with Gasteiger partial charge in [-0.3, -0.25) is 14.2 Å². The first-order valence-electron chi connectivity index (χ1n) is 11.1. The molecule has 1 heterocycles. The van der Waals surface area contributed by atoms with E-state index in [9.17, 15) is 9.59 Å². The molecule has 180 valence electrons. The van der Waals surface area contributed by atoms with Crippen LogP contribution in [0.4, 0.5) is 0 Å². The summed E-state index contributed by atoms with van der Waals surface area (Å²) in [6, 6.07) is 19.3. The lowest BCUT2D eigenvalue weighted by Gasteiger charge is -2.30. The summed E-state index contributed by atoms with van der Waals surface area (Å²) in [5.41, 5.74) is 2.54. The highest BCUT2D eigenvalue weighted by Crippen LogP contribution is 2.26. The number of benzene rings is 3. The van der Waals surface area contributed by atoms with Crippen LogP contribution in [0.15, 0.2) is 76.0 Å². The smallest absolute Gasteiger partial charge is 0.266 e. The Bertz CT molecular complexity index is 1420. The minimum absolute atomic E-state index is 0.182. The molecule has 0 saturated carbocycles. The van der Waals surface area contributed by atoms with Crippen LogP contribution >= 0.6 is 27.5 Å². The molecule has 0 bridgehead atoms. The molecule has 35 heavy (non-hydrogen) atoms. The van der Waals surface area contributed by atoms with Crippen LogP contribution in [-0.2, 0) is 4.74 Å². The Balaban J connectivity index is 1.91. The van der Waals surface area contributed by atoms with Crippen LogP contribution in [0.3, 0.4) is 0 Å². The lowest BCUT2D eigenvalue weighted by atomic mass is 10.1. The zero-order valence-corrected chi connectivity index (χ0v) is 22.0. The first-order valence-corrected chi connectivity index (χ1v) is 12.3. The average Bonchev–Trinajstić information content (AvgIpc) is 2.85. The number of aryl methyl sites for hydroxylation is 1. The van der Waals surface area contributed by atoms with E-state index in [2.05, 4.69) is 15.9 Å². The minimum atomic E-state index is -0.543. The molecule has 6 nitrogen and oxygen atoms in total. The summed E-state index contributed by atoms with van der Waals surface area (Å²) in [7, 11) is 1.59. The molecule has 0 aliphatic carbocycles. The van der Waals surface area contributed by atoms with Gasteiger partial charge < -0.3 is 9.64 Å². The van der Waals surface area contributed by atoms with E-state index in [-0.39, 0.29) is 11.5 Å². The van der Waals surface area contributed by atoms with E-state index >= 15 is 0 Å². The first kappa shape index (κ1) is 25.1. The minimum Gasteiger partial charge on any atom is -0.383 e. The van der Waals surface area contributed by atoms with Gasteiger partial charge in [0.15, 0.2) is 0 Å². The number of hydrogen-bond acceptors (Lipinski definition) is 4. The van der Waals surface area contributed by atoms with Gasteiger partial charge in [-0.2, -0.15) is 0 Å². The summed E-state index contributed by atoms with van der Waals surface area (Å²) in [4.78, 5) is 33.8. The molecule has 1 aromatic heterocycles. The zero-order chi connectivity index (χ0) is 25.1. The van der Waals surface area contributed by atoms with Crippen molar-refractivity contribution >= 4 is 44.3 Å². The number of carbonyl (C=O) groups is 1. The van der Waals surface area contributed by atoms with Crippen molar-refractivity contribution in [2.24, 2.45) is 0 Å². The number of methoxy groups -OCH3 is 1. The number of carbonyl (C=O) groups excluding carboxylic acids is 1. The van der Waals surface area contributed by atoms with Crippen molar-refractivity contribution in [1.82, 2.24) is 14.5 Å². The van der Waals surface area contributed by atoms with Gasteiger partial charge >= 0.3 is 0 Å². The maximum atomic E-state index is 13.7. The molecule has 1 unspecified atom stereocenters. The Hall–Kier alpha value is -3.00. The van der Waals surface area contributed by atoms with Crippen molar-refractivity contribution < 1.29 is 9.53 Å².